The molecule has 0 bridgehead atoms. The van der Waals surface area contributed by atoms with Crippen molar-refractivity contribution in [1.29, 1.82) is 0 Å². The largest absolute Gasteiger partial charge is 0.448 e. The maximum atomic E-state index is 12.6. The minimum absolute atomic E-state index is 0.0527. The molecule has 138 valence electrons. The summed E-state index contributed by atoms with van der Waals surface area (Å²) in [6.45, 7) is 6.55. The van der Waals surface area contributed by atoms with E-state index < -0.39 is 5.60 Å². The number of rotatable bonds is 6. The Kier molecular flexibility index (Phi) is 5.33. The fourth-order valence-corrected chi connectivity index (χ4v) is 3.66. The van der Waals surface area contributed by atoms with E-state index in [9.17, 15) is 9.90 Å². The number of hydrogen-bond donors (Lipinski definition) is 1. The average Bonchev–Trinajstić information content (AvgIpc) is 2.92. The standard InChI is InChI=1S/C22H27NO3/c1-4-13-23(15-22(2,3)25)21(24)26-14-20-18-11-7-5-9-16(18)17-10-6-8-12-19(17)20/h5-12,20,25H,4,13-15H2,1-3H3. The van der Waals surface area contributed by atoms with Gasteiger partial charge in [-0.05, 0) is 42.5 Å². The molecular weight excluding hydrogens is 326 g/mol. The normalized spacial score (nSPS) is 13.2. The Balaban J connectivity index is 1.76. The van der Waals surface area contributed by atoms with Crippen LogP contribution in [-0.4, -0.2) is 41.4 Å². The molecule has 0 unspecified atom stereocenters. The van der Waals surface area contributed by atoms with Gasteiger partial charge in [0, 0.05) is 12.5 Å². The van der Waals surface area contributed by atoms with E-state index in [1.54, 1.807) is 18.7 Å². The average molecular weight is 353 g/mol. The first kappa shape index (κ1) is 18.5. The van der Waals surface area contributed by atoms with Crippen LogP contribution in [0.25, 0.3) is 11.1 Å². The predicted octanol–water partition coefficient (Wildman–Crippen LogP) is 4.42. The van der Waals surface area contributed by atoms with Crippen LogP contribution < -0.4 is 0 Å². The molecule has 26 heavy (non-hydrogen) atoms. The summed E-state index contributed by atoms with van der Waals surface area (Å²) in [5.74, 6) is 0.0527. The fourth-order valence-electron chi connectivity index (χ4n) is 3.66. The molecule has 0 spiro atoms. The van der Waals surface area contributed by atoms with E-state index in [1.165, 1.54) is 22.3 Å². The van der Waals surface area contributed by atoms with Crippen molar-refractivity contribution in [3.8, 4) is 11.1 Å². The molecule has 0 aromatic heterocycles. The third-order valence-corrected chi connectivity index (χ3v) is 4.67. The monoisotopic (exact) mass is 353 g/mol. The van der Waals surface area contributed by atoms with Gasteiger partial charge in [-0.25, -0.2) is 4.79 Å². The van der Waals surface area contributed by atoms with Gasteiger partial charge in [0.05, 0.1) is 12.1 Å². The molecule has 1 aliphatic carbocycles. The minimum atomic E-state index is -0.944. The summed E-state index contributed by atoms with van der Waals surface area (Å²) in [5.41, 5.74) is 3.88. The fraction of sp³-hybridized carbons (Fsp3) is 0.409. The van der Waals surface area contributed by atoms with Crippen LogP contribution in [0.15, 0.2) is 48.5 Å². The van der Waals surface area contributed by atoms with Gasteiger partial charge in [-0.15, -0.1) is 0 Å². The SMILES string of the molecule is CCCN(CC(C)(C)O)C(=O)OCC1c2ccccc2-c2ccccc21. The first-order chi connectivity index (χ1) is 12.4. The Morgan fingerprint density at radius 1 is 1.08 bits per heavy atom. The number of carbonyl (C=O) groups excluding carboxylic acids is 1. The van der Waals surface area contributed by atoms with Gasteiger partial charge in [0.15, 0.2) is 0 Å². The second kappa shape index (κ2) is 7.50. The number of benzene rings is 2. The third kappa shape index (κ3) is 3.91. The van der Waals surface area contributed by atoms with Crippen molar-refractivity contribution in [2.45, 2.75) is 38.7 Å². The van der Waals surface area contributed by atoms with Gasteiger partial charge in [-0.1, -0.05) is 55.5 Å². The van der Waals surface area contributed by atoms with Gasteiger partial charge in [0.2, 0.25) is 0 Å². The number of nitrogens with zero attached hydrogens (tertiary/aromatic N) is 1. The zero-order chi connectivity index (χ0) is 18.7. The second-order valence-corrected chi connectivity index (χ2v) is 7.54. The van der Waals surface area contributed by atoms with Crippen molar-refractivity contribution in [3.63, 3.8) is 0 Å². The molecule has 2 aromatic rings. The molecule has 0 aliphatic heterocycles. The topological polar surface area (TPSA) is 49.8 Å². The minimum Gasteiger partial charge on any atom is -0.448 e. The van der Waals surface area contributed by atoms with E-state index in [1.807, 2.05) is 31.2 Å². The summed E-state index contributed by atoms with van der Waals surface area (Å²) >= 11 is 0. The zero-order valence-electron chi connectivity index (χ0n) is 15.7. The van der Waals surface area contributed by atoms with Crippen molar-refractivity contribution in [2.75, 3.05) is 19.7 Å². The Hall–Kier alpha value is -2.33. The lowest BCUT2D eigenvalue weighted by Gasteiger charge is -2.28. The number of amides is 1. The van der Waals surface area contributed by atoms with Gasteiger partial charge < -0.3 is 14.7 Å². The number of ether oxygens (including phenoxy) is 1. The highest BCUT2D eigenvalue weighted by molar-refractivity contribution is 5.79. The molecule has 0 radical (unpaired) electrons. The Labute approximate surface area is 155 Å². The third-order valence-electron chi connectivity index (χ3n) is 4.67. The van der Waals surface area contributed by atoms with Crippen molar-refractivity contribution >= 4 is 6.09 Å². The second-order valence-electron chi connectivity index (χ2n) is 7.54. The van der Waals surface area contributed by atoms with Gasteiger partial charge in [0.25, 0.3) is 0 Å². The molecule has 0 fully saturated rings. The quantitative estimate of drug-likeness (QED) is 0.836. The van der Waals surface area contributed by atoms with Crippen LogP contribution in [0.4, 0.5) is 4.79 Å². The van der Waals surface area contributed by atoms with Crippen LogP contribution in [0.5, 0.6) is 0 Å². The Morgan fingerprint density at radius 2 is 1.62 bits per heavy atom. The van der Waals surface area contributed by atoms with E-state index in [0.717, 1.165) is 6.42 Å². The summed E-state index contributed by atoms with van der Waals surface area (Å²) in [6, 6.07) is 16.6. The molecule has 0 saturated heterocycles. The maximum absolute atomic E-state index is 12.6. The number of aliphatic hydroxyl groups is 1. The highest BCUT2D eigenvalue weighted by atomic mass is 16.6. The summed E-state index contributed by atoms with van der Waals surface area (Å²) in [4.78, 5) is 14.2. The molecular formula is C22H27NO3. The Bertz CT molecular complexity index is 733. The molecule has 0 atom stereocenters. The molecule has 2 aromatic carbocycles. The van der Waals surface area contributed by atoms with Crippen molar-refractivity contribution < 1.29 is 14.6 Å². The van der Waals surface area contributed by atoms with Gasteiger partial charge >= 0.3 is 6.09 Å². The van der Waals surface area contributed by atoms with E-state index in [0.29, 0.717) is 13.2 Å². The summed E-state index contributed by atoms with van der Waals surface area (Å²) < 4.78 is 5.68. The van der Waals surface area contributed by atoms with Gasteiger partial charge in [-0.2, -0.15) is 0 Å². The van der Waals surface area contributed by atoms with Crippen LogP contribution in [0.2, 0.25) is 0 Å². The van der Waals surface area contributed by atoms with Crippen LogP contribution >= 0.6 is 0 Å². The smallest absolute Gasteiger partial charge is 0.409 e. The molecule has 4 heteroatoms. The molecule has 1 amide bonds. The number of fused-ring (bicyclic) bond motifs is 3. The van der Waals surface area contributed by atoms with Crippen molar-refractivity contribution in [2.24, 2.45) is 0 Å². The first-order valence-corrected chi connectivity index (χ1v) is 9.23. The molecule has 1 aliphatic rings. The summed E-state index contributed by atoms with van der Waals surface area (Å²) in [6.07, 6.45) is 0.455. The van der Waals surface area contributed by atoms with Crippen LogP contribution in [0, 0.1) is 0 Å². The van der Waals surface area contributed by atoms with Gasteiger partial charge in [-0.3, -0.25) is 0 Å². The molecule has 4 nitrogen and oxygen atoms in total. The van der Waals surface area contributed by atoms with Gasteiger partial charge in [0.1, 0.15) is 6.61 Å². The molecule has 3 rings (SSSR count). The lowest BCUT2D eigenvalue weighted by Crippen LogP contribution is -2.43. The summed E-state index contributed by atoms with van der Waals surface area (Å²) in [5, 5.41) is 10.1. The van der Waals surface area contributed by atoms with Crippen LogP contribution in [-0.2, 0) is 4.74 Å². The van der Waals surface area contributed by atoms with E-state index >= 15 is 0 Å². The number of carbonyl (C=O) groups is 1. The molecule has 0 saturated carbocycles. The van der Waals surface area contributed by atoms with E-state index in [2.05, 4.69) is 24.3 Å². The van der Waals surface area contributed by atoms with Crippen LogP contribution in [0.3, 0.4) is 0 Å². The lowest BCUT2D eigenvalue weighted by molar-refractivity contribution is 0.0272. The maximum Gasteiger partial charge on any atom is 0.409 e. The zero-order valence-corrected chi connectivity index (χ0v) is 15.7. The lowest BCUT2D eigenvalue weighted by atomic mass is 9.98. The van der Waals surface area contributed by atoms with Crippen molar-refractivity contribution in [1.82, 2.24) is 4.90 Å². The van der Waals surface area contributed by atoms with E-state index in [-0.39, 0.29) is 18.6 Å². The first-order valence-electron chi connectivity index (χ1n) is 9.23. The highest BCUT2D eigenvalue weighted by Gasteiger charge is 2.30. The van der Waals surface area contributed by atoms with Crippen LogP contribution in [0.1, 0.15) is 44.2 Å². The highest BCUT2D eigenvalue weighted by Crippen LogP contribution is 2.44. The number of hydrogen-bond acceptors (Lipinski definition) is 3. The summed E-state index contributed by atoms with van der Waals surface area (Å²) in [7, 11) is 0. The Morgan fingerprint density at radius 3 is 2.12 bits per heavy atom. The molecule has 1 N–H and O–H groups in total. The predicted molar refractivity (Wildman–Crippen MR) is 103 cm³/mol. The van der Waals surface area contributed by atoms with E-state index in [4.69, 9.17) is 4.74 Å². The van der Waals surface area contributed by atoms with Crippen molar-refractivity contribution in [3.05, 3.63) is 59.7 Å². The molecule has 0 heterocycles.